The van der Waals surface area contributed by atoms with E-state index in [1.54, 1.807) is 23.1 Å². The monoisotopic (exact) mass is 659 g/mol. The third-order valence-corrected chi connectivity index (χ3v) is 8.60. The Hall–Kier alpha value is -1.92. The molecule has 0 saturated carbocycles. The Kier molecular flexibility index (Phi) is 13.8. The number of aliphatic hydroxyl groups is 1. The van der Waals surface area contributed by atoms with Crippen LogP contribution in [0.5, 0.6) is 0 Å². The molecule has 0 radical (unpaired) electrons. The van der Waals surface area contributed by atoms with Crippen LogP contribution in [0.3, 0.4) is 0 Å². The number of hydrogen-bond donors (Lipinski definition) is 1. The average Bonchev–Trinajstić information content (AvgIpc) is 3.18. The topological polar surface area (TPSA) is 57.6 Å². The number of rotatable bonds is 17. The van der Waals surface area contributed by atoms with Gasteiger partial charge < -0.3 is 10.0 Å². The molecule has 4 nitrogen and oxygen atoms in total. The second-order valence-electron chi connectivity index (χ2n) is 10.7. The van der Waals surface area contributed by atoms with Crippen LogP contribution in [0.2, 0.25) is 0 Å². The minimum absolute atomic E-state index is 0.133. The van der Waals surface area contributed by atoms with Gasteiger partial charge in [-0.3, -0.25) is 9.59 Å². The summed E-state index contributed by atoms with van der Waals surface area (Å²) in [7, 11) is 0. The summed E-state index contributed by atoms with van der Waals surface area (Å²) in [5.74, 6) is -1.29. The van der Waals surface area contributed by atoms with Gasteiger partial charge in [-0.1, -0.05) is 147 Å². The fourth-order valence-electron chi connectivity index (χ4n) is 5.37. The molecule has 0 spiro atoms. The largest absolute Gasteiger partial charge is 0.507 e. The lowest BCUT2D eigenvalue weighted by Crippen LogP contribution is -2.30. The van der Waals surface area contributed by atoms with E-state index >= 15 is 0 Å². The molecule has 0 aliphatic carbocycles. The summed E-state index contributed by atoms with van der Waals surface area (Å²) >= 11 is 6.90. The fraction of sp³-hybridized carbons (Fsp3) is 0.515. The first-order valence-electron chi connectivity index (χ1n) is 14.7. The maximum absolute atomic E-state index is 13.2. The predicted octanol–water partition coefficient (Wildman–Crippen LogP) is 10.1. The van der Waals surface area contributed by atoms with Gasteiger partial charge in [0.05, 0.1) is 11.6 Å². The first-order chi connectivity index (χ1) is 18.9. The Morgan fingerprint density at radius 2 is 1.28 bits per heavy atom. The number of Topliss-reactive ketones (excluding diaryl/α,β-unsaturated/α-hetero) is 1. The van der Waals surface area contributed by atoms with Crippen molar-refractivity contribution in [3.05, 3.63) is 74.2 Å². The quantitative estimate of drug-likeness (QED) is 0.0795. The first-order valence-corrected chi connectivity index (χ1v) is 16.3. The van der Waals surface area contributed by atoms with Crippen molar-refractivity contribution in [1.82, 2.24) is 4.90 Å². The zero-order valence-electron chi connectivity index (χ0n) is 23.3. The Morgan fingerprint density at radius 3 is 1.82 bits per heavy atom. The Labute approximate surface area is 251 Å². The normalized spacial score (nSPS) is 16.8. The van der Waals surface area contributed by atoms with Crippen LogP contribution >= 0.6 is 31.9 Å². The molecule has 0 aromatic heterocycles. The molecule has 1 atom stereocenters. The van der Waals surface area contributed by atoms with E-state index in [4.69, 9.17) is 0 Å². The second-order valence-corrected chi connectivity index (χ2v) is 12.5. The molecule has 1 N–H and O–H groups in total. The van der Waals surface area contributed by atoms with Crippen molar-refractivity contribution in [1.29, 1.82) is 0 Å². The van der Waals surface area contributed by atoms with Gasteiger partial charge >= 0.3 is 0 Å². The van der Waals surface area contributed by atoms with E-state index in [0.29, 0.717) is 12.1 Å². The maximum atomic E-state index is 13.2. The van der Waals surface area contributed by atoms with Gasteiger partial charge in [0.15, 0.2) is 0 Å². The maximum Gasteiger partial charge on any atom is 0.295 e. The molecule has 2 aromatic rings. The van der Waals surface area contributed by atoms with Crippen LogP contribution in [0.25, 0.3) is 5.76 Å². The average molecular weight is 662 g/mol. The SMILES string of the molecule is CCCCCCCCCCCCCCCCN1C(=O)C(=O)C(=C(O)c2cccc(Br)c2)[C@H]1c1ccc(Br)cc1. The van der Waals surface area contributed by atoms with E-state index in [2.05, 4.69) is 38.8 Å². The molecule has 1 aliphatic rings. The molecule has 3 rings (SSSR count). The van der Waals surface area contributed by atoms with Crippen LogP contribution in [0, 0.1) is 0 Å². The van der Waals surface area contributed by atoms with Crippen molar-refractivity contribution in [2.24, 2.45) is 0 Å². The number of amides is 1. The van der Waals surface area contributed by atoms with Gasteiger partial charge in [-0.15, -0.1) is 0 Å². The highest BCUT2D eigenvalue weighted by Crippen LogP contribution is 2.40. The number of unbranched alkanes of at least 4 members (excludes halogenated alkanes) is 13. The summed E-state index contributed by atoms with van der Waals surface area (Å²) in [4.78, 5) is 28.0. The van der Waals surface area contributed by atoms with Gasteiger partial charge in [0.2, 0.25) is 0 Å². The molecule has 0 bridgehead atoms. The van der Waals surface area contributed by atoms with Gasteiger partial charge in [-0.2, -0.15) is 0 Å². The third-order valence-electron chi connectivity index (χ3n) is 7.58. The standard InChI is InChI=1S/C33H43Br2NO3/c1-2-3-4-5-6-7-8-9-10-11-12-13-14-15-23-36-30(25-19-21-27(34)22-20-25)29(32(38)33(36)39)31(37)26-17-16-18-28(35)24-26/h16-22,24,30,37H,2-15,23H2,1H3/t30-/m1/s1. The summed E-state index contributed by atoms with van der Waals surface area (Å²) in [5.41, 5.74) is 1.49. The molecule has 0 unspecified atom stereocenters. The van der Waals surface area contributed by atoms with Crippen molar-refractivity contribution in [3.8, 4) is 0 Å². The molecule has 1 fully saturated rings. The predicted molar refractivity (Wildman–Crippen MR) is 168 cm³/mol. The van der Waals surface area contributed by atoms with E-state index in [0.717, 1.165) is 33.8 Å². The number of carbonyl (C=O) groups is 2. The van der Waals surface area contributed by atoms with E-state index in [1.807, 2.05) is 30.3 Å². The number of nitrogens with zero attached hydrogens (tertiary/aromatic N) is 1. The van der Waals surface area contributed by atoms with Crippen LogP contribution in [-0.4, -0.2) is 28.2 Å². The smallest absolute Gasteiger partial charge is 0.295 e. The van der Waals surface area contributed by atoms with Crippen LogP contribution in [0.1, 0.15) is 114 Å². The Balaban J connectivity index is 1.53. The highest BCUT2D eigenvalue weighted by Gasteiger charge is 2.45. The number of carbonyl (C=O) groups excluding carboxylic acids is 2. The van der Waals surface area contributed by atoms with Crippen LogP contribution in [0.15, 0.2) is 63.0 Å². The Morgan fingerprint density at radius 1 is 0.744 bits per heavy atom. The van der Waals surface area contributed by atoms with Crippen LogP contribution in [0.4, 0.5) is 0 Å². The highest BCUT2D eigenvalue weighted by molar-refractivity contribution is 9.10. The van der Waals surface area contributed by atoms with Crippen molar-refractivity contribution >= 4 is 49.3 Å². The number of halogens is 2. The summed E-state index contributed by atoms with van der Waals surface area (Å²) in [6, 6.07) is 14.2. The van der Waals surface area contributed by atoms with Gasteiger partial charge in [0.1, 0.15) is 5.76 Å². The van der Waals surface area contributed by atoms with Crippen LogP contribution in [-0.2, 0) is 9.59 Å². The highest BCUT2D eigenvalue weighted by atomic mass is 79.9. The Bertz CT molecular complexity index is 1100. The number of hydrogen-bond acceptors (Lipinski definition) is 3. The lowest BCUT2D eigenvalue weighted by Gasteiger charge is -2.25. The molecule has 212 valence electrons. The summed E-state index contributed by atoms with van der Waals surface area (Å²) in [6.45, 7) is 2.76. The molecule has 1 heterocycles. The molecule has 2 aromatic carbocycles. The van der Waals surface area contributed by atoms with Gasteiger partial charge in [0, 0.05) is 21.1 Å². The molecular formula is C33H43Br2NO3. The van der Waals surface area contributed by atoms with Crippen molar-refractivity contribution in [2.75, 3.05) is 6.54 Å². The second kappa shape index (κ2) is 17.0. The number of benzene rings is 2. The van der Waals surface area contributed by atoms with E-state index < -0.39 is 17.7 Å². The summed E-state index contributed by atoms with van der Waals surface area (Å²) in [5, 5.41) is 11.2. The van der Waals surface area contributed by atoms with Gasteiger partial charge in [-0.25, -0.2) is 0 Å². The molecule has 1 aliphatic heterocycles. The van der Waals surface area contributed by atoms with Crippen molar-refractivity contribution < 1.29 is 14.7 Å². The van der Waals surface area contributed by atoms with E-state index in [1.165, 1.54) is 70.6 Å². The molecular weight excluding hydrogens is 618 g/mol. The third kappa shape index (κ3) is 9.60. The van der Waals surface area contributed by atoms with Gasteiger partial charge in [0.25, 0.3) is 11.7 Å². The zero-order chi connectivity index (χ0) is 28.0. The van der Waals surface area contributed by atoms with E-state index in [9.17, 15) is 14.7 Å². The first kappa shape index (κ1) is 31.6. The van der Waals surface area contributed by atoms with E-state index in [-0.39, 0.29) is 11.3 Å². The molecule has 6 heteroatoms. The fourth-order valence-corrected chi connectivity index (χ4v) is 6.03. The zero-order valence-corrected chi connectivity index (χ0v) is 26.4. The number of ketones is 1. The van der Waals surface area contributed by atoms with Crippen molar-refractivity contribution in [3.63, 3.8) is 0 Å². The number of likely N-dealkylation sites (tertiary alicyclic amines) is 1. The van der Waals surface area contributed by atoms with Gasteiger partial charge in [-0.05, 0) is 36.2 Å². The molecule has 1 amide bonds. The molecule has 1 saturated heterocycles. The minimum Gasteiger partial charge on any atom is -0.507 e. The number of aliphatic hydroxyl groups excluding tert-OH is 1. The lowest BCUT2D eigenvalue weighted by molar-refractivity contribution is -0.139. The molecule has 39 heavy (non-hydrogen) atoms. The van der Waals surface area contributed by atoms with Crippen molar-refractivity contribution in [2.45, 2.75) is 103 Å². The summed E-state index contributed by atoms with van der Waals surface area (Å²) < 4.78 is 1.71. The minimum atomic E-state index is -0.620. The lowest BCUT2D eigenvalue weighted by atomic mass is 9.95. The summed E-state index contributed by atoms with van der Waals surface area (Å²) in [6.07, 6.45) is 17.7. The van der Waals surface area contributed by atoms with Crippen LogP contribution < -0.4 is 0 Å².